The quantitative estimate of drug-likeness (QED) is 0.440. The Bertz CT molecular complexity index is 741. The van der Waals surface area contributed by atoms with Gasteiger partial charge in [0, 0.05) is 0 Å². The number of carbonyl (C=O) groups is 1. The minimum Gasteiger partial charge on any atom is -0.468 e. The Hall–Kier alpha value is -2.07. The molecule has 0 spiro atoms. The summed E-state index contributed by atoms with van der Waals surface area (Å²) in [7, 11) is -2.89. The van der Waals surface area contributed by atoms with Crippen molar-refractivity contribution in [3.8, 4) is 0 Å². The van der Waals surface area contributed by atoms with Crippen LogP contribution in [-0.2, 0) is 19.4 Å². The molecule has 0 aliphatic carbocycles. The first-order chi connectivity index (χ1) is 9.96. The first-order valence-electron chi connectivity index (χ1n) is 5.56. The van der Waals surface area contributed by atoms with Crippen molar-refractivity contribution in [3.05, 3.63) is 35.5 Å². The smallest absolute Gasteiger partial charge is 0.327 e. The molecule has 0 unspecified atom stereocenters. The lowest BCUT2D eigenvalue weighted by molar-refractivity contribution is -0.832. The Labute approximate surface area is 124 Å². The van der Waals surface area contributed by atoms with E-state index in [9.17, 15) is 18.4 Å². The number of aromatic nitrogens is 2. The molecule has 1 aromatic carbocycles. The van der Waals surface area contributed by atoms with Gasteiger partial charge in [0.25, 0.3) is 14.9 Å². The van der Waals surface area contributed by atoms with E-state index in [2.05, 4.69) is 14.5 Å². The van der Waals surface area contributed by atoms with Crippen LogP contribution < -0.4 is 4.90 Å². The summed E-state index contributed by atoms with van der Waals surface area (Å²) in [6, 6.07) is 7.38. The summed E-state index contributed by atoms with van der Waals surface area (Å²) < 4.78 is 33.6. The molecule has 10 heteroatoms. The van der Waals surface area contributed by atoms with Gasteiger partial charge in [0.1, 0.15) is 0 Å². The van der Waals surface area contributed by atoms with Crippen molar-refractivity contribution >= 4 is 27.6 Å². The molecule has 0 saturated heterocycles. The monoisotopic (exact) mass is 330 g/mol. The average Bonchev–Trinajstić information content (AvgIpc) is 2.87. The second-order valence-electron chi connectivity index (χ2n) is 3.72. The zero-order valence-electron chi connectivity index (χ0n) is 10.8. The van der Waals surface area contributed by atoms with Crippen LogP contribution in [0.3, 0.4) is 0 Å². The summed E-state index contributed by atoms with van der Waals surface area (Å²) in [6.45, 7) is 0. The van der Waals surface area contributed by atoms with Crippen LogP contribution in [0, 0.1) is 5.21 Å². The molecule has 0 radical (unpaired) electrons. The third kappa shape index (κ3) is 3.16. The van der Waals surface area contributed by atoms with E-state index >= 15 is 0 Å². The predicted octanol–water partition coefficient (Wildman–Crippen LogP) is 0.406. The van der Waals surface area contributed by atoms with Crippen LogP contribution in [0.5, 0.6) is 0 Å². The number of esters is 1. The minimum atomic E-state index is -4.09. The van der Waals surface area contributed by atoms with E-state index in [1.807, 2.05) is 0 Å². The Morgan fingerprint density at radius 1 is 1.43 bits per heavy atom. The number of hydrogen-bond acceptors (Lipinski definition) is 8. The summed E-state index contributed by atoms with van der Waals surface area (Å²) in [4.78, 5) is 10.8. The lowest BCUT2D eigenvalue weighted by atomic mass is 10.4. The highest BCUT2D eigenvalue weighted by Gasteiger charge is 2.34. The van der Waals surface area contributed by atoms with Crippen LogP contribution in [0.2, 0.25) is 0 Å². The molecule has 2 aromatic rings. The highest BCUT2D eigenvalue weighted by atomic mass is 32.2. The Morgan fingerprint density at radius 2 is 2.10 bits per heavy atom. The maximum atomic E-state index is 12.4. The molecule has 0 saturated carbocycles. The van der Waals surface area contributed by atoms with E-state index in [1.165, 1.54) is 31.4 Å². The second-order valence-corrected chi connectivity index (χ2v) is 6.55. The molecular formula is C11H10N2O6S2. The van der Waals surface area contributed by atoms with E-state index < -0.39 is 20.8 Å². The number of ether oxygens (including phenoxy) is 1. The zero-order valence-corrected chi connectivity index (χ0v) is 12.4. The highest BCUT2D eigenvalue weighted by Crippen LogP contribution is 2.26. The zero-order chi connectivity index (χ0) is 15.5. The summed E-state index contributed by atoms with van der Waals surface area (Å²) >= 11 is 0.743. The minimum absolute atomic E-state index is 0.0716. The fourth-order valence-corrected chi connectivity index (χ4v) is 3.82. The van der Waals surface area contributed by atoms with Crippen LogP contribution in [0.1, 0.15) is 0 Å². The molecule has 0 fully saturated rings. The number of thioether (sulfide) groups is 1. The van der Waals surface area contributed by atoms with Gasteiger partial charge in [0.2, 0.25) is 0 Å². The molecule has 0 aliphatic rings. The highest BCUT2D eigenvalue weighted by molar-refractivity contribution is 8.00. The summed E-state index contributed by atoms with van der Waals surface area (Å²) in [5.74, 6) is -0.774. The third-order valence-electron chi connectivity index (χ3n) is 2.41. The van der Waals surface area contributed by atoms with Crippen LogP contribution in [0.15, 0.2) is 49.9 Å². The Balaban J connectivity index is 2.40. The van der Waals surface area contributed by atoms with Crippen molar-refractivity contribution in [1.82, 2.24) is 5.16 Å². The van der Waals surface area contributed by atoms with Gasteiger partial charge in [-0.15, -0.1) is 0 Å². The molecule has 0 aliphatic heterocycles. The molecule has 112 valence electrons. The van der Waals surface area contributed by atoms with E-state index in [0.29, 0.717) is 0 Å². The molecule has 1 heterocycles. The Morgan fingerprint density at radius 3 is 2.71 bits per heavy atom. The van der Waals surface area contributed by atoms with Gasteiger partial charge in [-0.2, -0.15) is 0 Å². The van der Waals surface area contributed by atoms with Crippen molar-refractivity contribution in [3.63, 3.8) is 0 Å². The van der Waals surface area contributed by atoms with Crippen LogP contribution in [0.4, 0.5) is 0 Å². The van der Waals surface area contributed by atoms with Crippen LogP contribution >= 0.6 is 11.8 Å². The molecule has 21 heavy (non-hydrogen) atoms. The van der Waals surface area contributed by atoms with E-state index in [0.717, 1.165) is 11.8 Å². The molecule has 1 aromatic heterocycles. The van der Waals surface area contributed by atoms with Crippen molar-refractivity contribution < 1.29 is 27.5 Å². The van der Waals surface area contributed by atoms with Crippen LogP contribution in [-0.4, -0.2) is 32.4 Å². The largest absolute Gasteiger partial charge is 0.468 e. The van der Waals surface area contributed by atoms with E-state index in [1.54, 1.807) is 6.07 Å². The van der Waals surface area contributed by atoms with Crippen molar-refractivity contribution in [2.45, 2.75) is 14.9 Å². The van der Waals surface area contributed by atoms with Crippen molar-refractivity contribution in [2.24, 2.45) is 0 Å². The van der Waals surface area contributed by atoms with Gasteiger partial charge < -0.3 is 9.94 Å². The van der Waals surface area contributed by atoms with Gasteiger partial charge in [0.15, 0.2) is 0 Å². The second kappa shape index (κ2) is 6.14. The summed E-state index contributed by atoms with van der Waals surface area (Å²) in [5, 5.41) is 14.1. The summed E-state index contributed by atoms with van der Waals surface area (Å²) in [5.41, 5.74) is 0. The van der Waals surface area contributed by atoms with Gasteiger partial charge in [0.05, 0.1) is 22.9 Å². The normalized spacial score (nSPS) is 11.3. The molecule has 0 atom stereocenters. The first-order valence-corrected chi connectivity index (χ1v) is 8.03. The number of rotatable bonds is 5. The van der Waals surface area contributed by atoms with Crippen molar-refractivity contribution in [2.75, 3.05) is 12.9 Å². The number of sulfone groups is 1. The fraction of sp³-hybridized carbons (Fsp3) is 0.182. The molecule has 0 amide bonds. The maximum Gasteiger partial charge on any atom is 0.327 e. The molecule has 8 nitrogen and oxygen atoms in total. The standard InChI is InChI=1S/C11H10N2O6S2/c1-18-9(14)7-20-10-11(13(15)19-12-10)21(16,17)8-5-3-2-4-6-8/h2-6H,7H2,1H3. The average molecular weight is 330 g/mol. The molecule has 2 rings (SSSR count). The predicted molar refractivity (Wildman–Crippen MR) is 70.1 cm³/mol. The molecule has 0 bridgehead atoms. The number of hydrogen-bond donors (Lipinski definition) is 0. The van der Waals surface area contributed by atoms with E-state index in [4.69, 9.17) is 0 Å². The third-order valence-corrected chi connectivity index (χ3v) is 5.20. The number of nitrogens with zero attached hydrogens (tertiary/aromatic N) is 2. The van der Waals surface area contributed by atoms with Gasteiger partial charge in [-0.05, 0) is 17.0 Å². The van der Waals surface area contributed by atoms with Gasteiger partial charge in [-0.25, -0.2) is 8.42 Å². The van der Waals surface area contributed by atoms with E-state index in [-0.39, 0.29) is 20.6 Å². The van der Waals surface area contributed by atoms with Gasteiger partial charge in [-0.1, -0.05) is 30.0 Å². The van der Waals surface area contributed by atoms with Crippen molar-refractivity contribution in [1.29, 1.82) is 0 Å². The number of benzene rings is 1. The lowest BCUT2D eigenvalue weighted by Gasteiger charge is -2.01. The maximum absolute atomic E-state index is 12.4. The first kappa shape index (κ1) is 15.3. The summed E-state index contributed by atoms with van der Waals surface area (Å²) in [6.07, 6.45) is 0. The van der Waals surface area contributed by atoms with Gasteiger partial charge in [-0.3, -0.25) is 9.42 Å². The number of carbonyl (C=O) groups excluding carboxylic acids is 1. The molecular weight excluding hydrogens is 320 g/mol. The Kier molecular flexibility index (Phi) is 4.48. The SMILES string of the molecule is COC(=O)CSc1no[n+]([O-])c1S(=O)(=O)c1ccccc1. The topological polar surface area (TPSA) is 113 Å². The molecule has 0 N–H and O–H groups in total. The number of methoxy groups -OCH3 is 1. The lowest BCUT2D eigenvalue weighted by Crippen LogP contribution is -2.31. The van der Waals surface area contributed by atoms with Gasteiger partial charge >= 0.3 is 11.0 Å². The fourth-order valence-electron chi connectivity index (χ4n) is 1.43. The van der Waals surface area contributed by atoms with Crippen LogP contribution in [0.25, 0.3) is 0 Å².